The summed E-state index contributed by atoms with van der Waals surface area (Å²) in [5.41, 5.74) is 0. The zero-order chi connectivity index (χ0) is 6.24. The SMILES string of the molecule is CCCCC#CC[SiH3]. The first-order valence-corrected chi connectivity index (χ1v) is 4.79. The third kappa shape index (κ3) is 5.78. The zero-order valence-corrected chi connectivity index (χ0v) is 7.83. The van der Waals surface area contributed by atoms with Crippen molar-refractivity contribution in [2.75, 3.05) is 0 Å². The maximum atomic E-state index is 3.12. The minimum atomic E-state index is 1.11. The second kappa shape index (κ2) is 6.78. The fraction of sp³-hybridized carbons (Fsp3) is 0.714. The Morgan fingerprint density at radius 2 is 2.12 bits per heavy atom. The van der Waals surface area contributed by atoms with Gasteiger partial charge in [0.2, 0.25) is 0 Å². The first-order valence-electron chi connectivity index (χ1n) is 3.37. The molecule has 0 saturated heterocycles. The zero-order valence-electron chi connectivity index (χ0n) is 5.83. The molecule has 0 heterocycles. The van der Waals surface area contributed by atoms with E-state index in [0.717, 1.165) is 12.5 Å². The van der Waals surface area contributed by atoms with Crippen LogP contribution in [0.2, 0.25) is 6.04 Å². The minimum absolute atomic E-state index is 1.11. The van der Waals surface area contributed by atoms with Crippen molar-refractivity contribution in [1.29, 1.82) is 0 Å². The van der Waals surface area contributed by atoms with Gasteiger partial charge in [0.25, 0.3) is 0 Å². The van der Waals surface area contributed by atoms with Gasteiger partial charge in [-0.15, -0.1) is 11.8 Å². The summed E-state index contributed by atoms with van der Waals surface area (Å²) in [6.07, 6.45) is 3.66. The van der Waals surface area contributed by atoms with E-state index in [4.69, 9.17) is 0 Å². The number of unbranched alkanes of at least 4 members (excludes halogenated alkanes) is 2. The van der Waals surface area contributed by atoms with Crippen molar-refractivity contribution in [3.8, 4) is 11.8 Å². The van der Waals surface area contributed by atoms with Gasteiger partial charge in [-0.3, -0.25) is 0 Å². The van der Waals surface area contributed by atoms with Gasteiger partial charge in [0, 0.05) is 16.7 Å². The molecule has 0 atom stereocenters. The van der Waals surface area contributed by atoms with Gasteiger partial charge in [0.15, 0.2) is 0 Å². The molecule has 1 heteroatoms. The van der Waals surface area contributed by atoms with E-state index in [9.17, 15) is 0 Å². The van der Waals surface area contributed by atoms with Crippen molar-refractivity contribution in [2.45, 2.75) is 32.2 Å². The Morgan fingerprint density at radius 1 is 1.38 bits per heavy atom. The molecule has 0 aliphatic heterocycles. The van der Waals surface area contributed by atoms with Gasteiger partial charge in [-0.1, -0.05) is 13.3 Å². The molecule has 0 unspecified atom stereocenters. The van der Waals surface area contributed by atoms with E-state index in [0.29, 0.717) is 0 Å². The van der Waals surface area contributed by atoms with E-state index < -0.39 is 0 Å². The third-order valence-electron chi connectivity index (χ3n) is 0.957. The van der Waals surface area contributed by atoms with Crippen LogP contribution in [0.25, 0.3) is 0 Å². The number of hydrogen-bond acceptors (Lipinski definition) is 0. The Balaban J connectivity index is 2.90. The van der Waals surface area contributed by atoms with Crippen molar-refractivity contribution >= 4 is 10.2 Å². The second-order valence-corrected chi connectivity index (χ2v) is 2.52. The molecule has 0 amide bonds. The Morgan fingerprint density at radius 3 is 2.62 bits per heavy atom. The molecule has 0 aromatic rings. The van der Waals surface area contributed by atoms with Crippen molar-refractivity contribution in [3.63, 3.8) is 0 Å². The van der Waals surface area contributed by atoms with Gasteiger partial charge < -0.3 is 0 Å². The van der Waals surface area contributed by atoms with E-state index in [2.05, 4.69) is 18.8 Å². The van der Waals surface area contributed by atoms with Crippen molar-refractivity contribution in [3.05, 3.63) is 0 Å². The van der Waals surface area contributed by atoms with Crippen molar-refractivity contribution < 1.29 is 0 Å². The molecule has 0 radical (unpaired) electrons. The molecule has 0 fully saturated rings. The normalized spacial score (nSPS) is 8.12. The van der Waals surface area contributed by atoms with Crippen LogP contribution in [0.4, 0.5) is 0 Å². The summed E-state index contributed by atoms with van der Waals surface area (Å²) < 4.78 is 0. The molecule has 0 aromatic carbocycles. The smallest absolute Gasteiger partial charge is 0.0178 e. The van der Waals surface area contributed by atoms with E-state index >= 15 is 0 Å². The van der Waals surface area contributed by atoms with Crippen LogP contribution in [0.3, 0.4) is 0 Å². The fourth-order valence-corrected chi connectivity index (χ4v) is 0.729. The number of hydrogen-bond donors (Lipinski definition) is 0. The molecule has 0 saturated carbocycles. The largest absolute Gasteiger partial charge is 0.107 e. The Hall–Kier alpha value is -0.223. The van der Waals surface area contributed by atoms with Gasteiger partial charge >= 0.3 is 0 Å². The predicted octanol–water partition coefficient (Wildman–Crippen LogP) is 0.964. The highest BCUT2D eigenvalue weighted by molar-refractivity contribution is 6.10. The molecule has 0 aromatic heterocycles. The van der Waals surface area contributed by atoms with Crippen molar-refractivity contribution in [2.24, 2.45) is 0 Å². The van der Waals surface area contributed by atoms with Crippen LogP contribution in [0.15, 0.2) is 0 Å². The molecule has 8 heavy (non-hydrogen) atoms. The van der Waals surface area contributed by atoms with E-state index in [1.165, 1.54) is 23.1 Å². The highest BCUT2D eigenvalue weighted by atomic mass is 28.1. The predicted molar refractivity (Wildman–Crippen MR) is 42.0 cm³/mol. The number of rotatable bonds is 2. The molecular formula is C7H14Si. The maximum Gasteiger partial charge on any atom is 0.0178 e. The van der Waals surface area contributed by atoms with Crippen LogP contribution in [-0.4, -0.2) is 10.2 Å². The van der Waals surface area contributed by atoms with Gasteiger partial charge in [-0.2, -0.15) is 0 Å². The summed E-state index contributed by atoms with van der Waals surface area (Å²) in [6.45, 7) is 2.20. The first-order chi connectivity index (χ1) is 3.91. The van der Waals surface area contributed by atoms with Gasteiger partial charge in [0.05, 0.1) is 0 Å². The Labute approximate surface area is 55.1 Å². The standard InChI is InChI=1S/C7H14Si/c1-2-3-4-5-6-7-8/h2-4,7H2,1,8H3. The van der Waals surface area contributed by atoms with E-state index in [1.54, 1.807) is 0 Å². The summed E-state index contributed by atoms with van der Waals surface area (Å²) in [5, 5.41) is 0. The average molecular weight is 126 g/mol. The Bertz CT molecular complexity index is 86.3. The maximum absolute atomic E-state index is 3.12. The molecular weight excluding hydrogens is 112 g/mol. The summed E-state index contributed by atoms with van der Waals surface area (Å²) in [6, 6.07) is 1.14. The molecule has 0 spiro atoms. The van der Waals surface area contributed by atoms with Crippen LogP contribution in [0.1, 0.15) is 26.2 Å². The molecule has 46 valence electrons. The van der Waals surface area contributed by atoms with Crippen molar-refractivity contribution in [1.82, 2.24) is 0 Å². The van der Waals surface area contributed by atoms with Gasteiger partial charge in [-0.25, -0.2) is 0 Å². The lowest BCUT2D eigenvalue weighted by Crippen LogP contribution is -1.66. The van der Waals surface area contributed by atoms with Gasteiger partial charge in [0.1, 0.15) is 0 Å². The van der Waals surface area contributed by atoms with E-state index in [1.807, 2.05) is 0 Å². The first kappa shape index (κ1) is 7.78. The highest BCUT2D eigenvalue weighted by Gasteiger charge is 1.73. The molecule has 0 N–H and O–H groups in total. The lowest BCUT2D eigenvalue weighted by Gasteiger charge is -1.81. The summed E-state index contributed by atoms with van der Waals surface area (Å²) in [4.78, 5) is 0. The summed E-state index contributed by atoms with van der Waals surface area (Å²) in [7, 11) is 1.23. The molecule has 0 nitrogen and oxygen atoms in total. The Kier molecular flexibility index (Phi) is 6.59. The summed E-state index contributed by atoms with van der Waals surface area (Å²) >= 11 is 0. The van der Waals surface area contributed by atoms with Crippen LogP contribution in [0, 0.1) is 11.8 Å². The van der Waals surface area contributed by atoms with Crippen LogP contribution >= 0.6 is 0 Å². The van der Waals surface area contributed by atoms with Gasteiger partial charge in [-0.05, 0) is 12.5 Å². The topological polar surface area (TPSA) is 0 Å². The van der Waals surface area contributed by atoms with Crippen LogP contribution in [-0.2, 0) is 0 Å². The molecule has 0 bridgehead atoms. The lowest BCUT2D eigenvalue weighted by molar-refractivity contribution is 0.828. The fourth-order valence-electron chi connectivity index (χ4n) is 0.479. The molecule has 0 aliphatic carbocycles. The third-order valence-corrected chi connectivity index (χ3v) is 1.31. The van der Waals surface area contributed by atoms with Crippen LogP contribution < -0.4 is 0 Å². The molecule has 0 rings (SSSR count). The monoisotopic (exact) mass is 126 g/mol. The summed E-state index contributed by atoms with van der Waals surface area (Å²) in [5.74, 6) is 6.22. The lowest BCUT2D eigenvalue weighted by atomic mass is 10.3. The van der Waals surface area contributed by atoms with Crippen LogP contribution in [0.5, 0.6) is 0 Å². The minimum Gasteiger partial charge on any atom is -0.107 e. The second-order valence-electron chi connectivity index (χ2n) is 1.81. The average Bonchev–Trinajstić information content (AvgIpc) is 1.81. The quantitative estimate of drug-likeness (QED) is 0.294. The molecule has 0 aliphatic rings. The van der Waals surface area contributed by atoms with E-state index in [-0.39, 0.29) is 0 Å². The highest BCUT2D eigenvalue weighted by Crippen LogP contribution is 1.89.